The van der Waals surface area contributed by atoms with Crippen LogP contribution >= 0.6 is 27.5 Å². The van der Waals surface area contributed by atoms with Gasteiger partial charge in [0.05, 0.1) is 6.10 Å². The molecular weight excluding hydrogens is 326 g/mol. The van der Waals surface area contributed by atoms with Crippen molar-refractivity contribution in [1.82, 2.24) is 5.32 Å². The van der Waals surface area contributed by atoms with E-state index in [4.69, 9.17) is 11.6 Å². The summed E-state index contributed by atoms with van der Waals surface area (Å²) in [5.41, 5.74) is 2.00. The summed E-state index contributed by atoms with van der Waals surface area (Å²) in [6.45, 7) is 1.19. The van der Waals surface area contributed by atoms with Crippen molar-refractivity contribution in [2.75, 3.05) is 6.54 Å². The van der Waals surface area contributed by atoms with Crippen LogP contribution in [0, 0.1) is 0 Å². The van der Waals surface area contributed by atoms with E-state index in [-0.39, 0.29) is 0 Å². The van der Waals surface area contributed by atoms with Crippen LogP contribution in [0.2, 0.25) is 5.02 Å². The van der Waals surface area contributed by atoms with Crippen LogP contribution in [-0.2, 0) is 6.54 Å². The second-order valence-corrected chi connectivity index (χ2v) is 5.68. The van der Waals surface area contributed by atoms with E-state index in [0.717, 1.165) is 20.6 Å². The molecule has 100 valence electrons. The predicted molar refractivity (Wildman–Crippen MR) is 82.3 cm³/mol. The Morgan fingerprint density at radius 1 is 1.16 bits per heavy atom. The molecule has 1 unspecified atom stereocenters. The summed E-state index contributed by atoms with van der Waals surface area (Å²) in [6, 6.07) is 15.4. The van der Waals surface area contributed by atoms with Crippen molar-refractivity contribution in [2.45, 2.75) is 12.6 Å². The zero-order valence-corrected chi connectivity index (χ0v) is 12.7. The lowest BCUT2D eigenvalue weighted by molar-refractivity contribution is 0.174. The third kappa shape index (κ3) is 4.62. The van der Waals surface area contributed by atoms with E-state index in [2.05, 4.69) is 21.2 Å². The van der Waals surface area contributed by atoms with Gasteiger partial charge >= 0.3 is 0 Å². The molecule has 0 saturated carbocycles. The molecule has 2 rings (SSSR count). The average Bonchev–Trinajstić information content (AvgIpc) is 2.38. The van der Waals surface area contributed by atoms with Crippen molar-refractivity contribution in [2.24, 2.45) is 0 Å². The number of hydrogen-bond donors (Lipinski definition) is 2. The lowest BCUT2D eigenvalue weighted by atomic mass is 10.1. The number of nitrogens with one attached hydrogen (secondary N) is 1. The molecule has 2 aromatic rings. The van der Waals surface area contributed by atoms with Crippen molar-refractivity contribution >= 4 is 27.5 Å². The van der Waals surface area contributed by atoms with Crippen LogP contribution in [0.1, 0.15) is 17.2 Å². The molecule has 0 radical (unpaired) electrons. The molecule has 0 fully saturated rings. The average molecular weight is 341 g/mol. The maximum Gasteiger partial charge on any atom is 0.0914 e. The molecule has 0 saturated heterocycles. The number of aliphatic hydroxyl groups excluding tert-OH is 1. The van der Waals surface area contributed by atoms with Crippen LogP contribution in [0.5, 0.6) is 0 Å². The predicted octanol–water partition coefficient (Wildman–Crippen LogP) is 3.93. The normalized spacial score (nSPS) is 12.4. The quantitative estimate of drug-likeness (QED) is 0.864. The van der Waals surface area contributed by atoms with E-state index in [9.17, 15) is 5.11 Å². The highest BCUT2D eigenvalue weighted by Crippen LogP contribution is 2.17. The maximum absolute atomic E-state index is 10.1. The lowest BCUT2D eigenvalue weighted by Crippen LogP contribution is -2.21. The van der Waals surface area contributed by atoms with Crippen LogP contribution in [0.15, 0.2) is 53.0 Å². The van der Waals surface area contributed by atoms with E-state index in [0.29, 0.717) is 13.1 Å². The van der Waals surface area contributed by atoms with Crippen LogP contribution in [0.25, 0.3) is 0 Å². The van der Waals surface area contributed by atoms with E-state index in [1.807, 2.05) is 48.5 Å². The summed E-state index contributed by atoms with van der Waals surface area (Å²) >= 11 is 9.31. The zero-order chi connectivity index (χ0) is 13.7. The first-order chi connectivity index (χ1) is 9.15. The van der Waals surface area contributed by atoms with Crippen molar-refractivity contribution < 1.29 is 5.11 Å². The van der Waals surface area contributed by atoms with Crippen molar-refractivity contribution in [1.29, 1.82) is 0 Å². The number of rotatable bonds is 5. The molecule has 0 aliphatic carbocycles. The van der Waals surface area contributed by atoms with Crippen LogP contribution in [-0.4, -0.2) is 11.7 Å². The molecule has 1 atom stereocenters. The van der Waals surface area contributed by atoms with Crippen molar-refractivity contribution in [3.05, 3.63) is 69.2 Å². The molecule has 0 heterocycles. The molecule has 0 aliphatic heterocycles. The fourth-order valence-corrected chi connectivity index (χ4v) is 2.46. The van der Waals surface area contributed by atoms with Gasteiger partial charge in [0.25, 0.3) is 0 Å². The molecule has 2 aromatic carbocycles. The number of hydrogen-bond acceptors (Lipinski definition) is 2. The summed E-state index contributed by atoms with van der Waals surface area (Å²) in [5.74, 6) is 0. The summed E-state index contributed by atoms with van der Waals surface area (Å²) in [5, 5.41) is 14.0. The Balaban J connectivity index is 1.85. The molecule has 2 N–H and O–H groups in total. The number of benzene rings is 2. The summed E-state index contributed by atoms with van der Waals surface area (Å²) < 4.78 is 0.971. The van der Waals surface area contributed by atoms with E-state index in [1.165, 1.54) is 0 Å². The minimum atomic E-state index is -0.517. The summed E-state index contributed by atoms with van der Waals surface area (Å²) in [4.78, 5) is 0. The van der Waals surface area contributed by atoms with Gasteiger partial charge < -0.3 is 10.4 Å². The molecule has 0 bridgehead atoms. The van der Waals surface area contributed by atoms with Gasteiger partial charge in [0.2, 0.25) is 0 Å². The van der Waals surface area contributed by atoms with E-state index >= 15 is 0 Å². The van der Waals surface area contributed by atoms with Crippen molar-refractivity contribution in [3.8, 4) is 0 Å². The van der Waals surface area contributed by atoms with Crippen LogP contribution < -0.4 is 5.32 Å². The third-order valence-corrected chi connectivity index (χ3v) is 3.52. The van der Waals surface area contributed by atoms with Gasteiger partial charge in [0.1, 0.15) is 0 Å². The monoisotopic (exact) mass is 339 g/mol. The molecule has 2 nitrogen and oxygen atoms in total. The maximum atomic E-state index is 10.1. The Labute approximate surface area is 126 Å². The van der Waals surface area contributed by atoms with E-state index < -0.39 is 6.10 Å². The topological polar surface area (TPSA) is 32.3 Å². The van der Waals surface area contributed by atoms with Gasteiger partial charge in [0.15, 0.2) is 0 Å². The lowest BCUT2D eigenvalue weighted by Gasteiger charge is -2.12. The SMILES string of the molecule is OC(CNCc1cccc(Cl)c1)c1cccc(Br)c1. The van der Waals surface area contributed by atoms with Gasteiger partial charge in [-0.05, 0) is 35.4 Å². The molecule has 0 amide bonds. The number of halogens is 2. The highest BCUT2D eigenvalue weighted by Gasteiger charge is 2.07. The smallest absolute Gasteiger partial charge is 0.0914 e. The zero-order valence-electron chi connectivity index (χ0n) is 10.3. The molecule has 0 aromatic heterocycles. The van der Waals surface area contributed by atoms with Crippen LogP contribution in [0.4, 0.5) is 0 Å². The first-order valence-electron chi connectivity index (χ1n) is 6.04. The van der Waals surface area contributed by atoms with E-state index in [1.54, 1.807) is 0 Å². The third-order valence-electron chi connectivity index (χ3n) is 2.79. The second kappa shape index (κ2) is 7.06. The highest BCUT2D eigenvalue weighted by molar-refractivity contribution is 9.10. The van der Waals surface area contributed by atoms with Gasteiger partial charge in [-0.3, -0.25) is 0 Å². The fourth-order valence-electron chi connectivity index (χ4n) is 1.83. The Morgan fingerprint density at radius 3 is 2.68 bits per heavy atom. The minimum absolute atomic E-state index is 0.503. The molecule has 0 aliphatic rings. The fraction of sp³-hybridized carbons (Fsp3) is 0.200. The molecule has 19 heavy (non-hydrogen) atoms. The number of aliphatic hydroxyl groups is 1. The second-order valence-electron chi connectivity index (χ2n) is 4.33. The van der Waals surface area contributed by atoms with Crippen molar-refractivity contribution in [3.63, 3.8) is 0 Å². The van der Waals surface area contributed by atoms with Gasteiger partial charge in [0, 0.05) is 22.6 Å². The molecule has 0 spiro atoms. The van der Waals surface area contributed by atoms with Gasteiger partial charge in [-0.25, -0.2) is 0 Å². The summed E-state index contributed by atoms with van der Waals surface area (Å²) in [7, 11) is 0. The Bertz CT molecular complexity index is 547. The van der Waals surface area contributed by atoms with Gasteiger partial charge in [-0.1, -0.05) is 51.8 Å². The first kappa shape index (κ1) is 14.5. The van der Waals surface area contributed by atoms with Crippen LogP contribution in [0.3, 0.4) is 0 Å². The Morgan fingerprint density at radius 2 is 1.95 bits per heavy atom. The molecule has 4 heteroatoms. The Kier molecular flexibility index (Phi) is 5.40. The standard InChI is InChI=1S/C15H15BrClNO/c16-13-5-2-4-12(8-13)15(19)10-18-9-11-3-1-6-14(17)7-11/h1-8,15,18-19H,9-10H2. The Hall–Kier alpha value is -0.870. The first-order valence-corrected chi connectivity index (χ1v) is 7.21. The summed E-state index contributed by atoms with van der Waals surface area (Å²) in [6.07, 6.45) is -0.517. The highest BCUT2D eigenvalue weighted by atomic mass is 79.9. The largest absolute Gasteiger partial charge is 0.387 e. The molecular formula is C15H15BrClNO. The van der Waals surface area contributed by atoms with Gasteiger partial charge in [-0.15, -0.1) is 0 Å². The minimum Gasteiger partial charge on any atom is -0.387 e. The van der Waals surface area contributed by atoms with Gasteiger partial charge in [-0.2, -0.15) is 0 Å².